The molecule has 4 rings (SSSR count). The molecule has 2 N–H and O–H groups in total. The Balaban J connectivity index is 1.76. The predicted molar refractivity (Wildman–Crippen MR) is 95.2 cm³/mol. The quantitative estimate of drug-likeness (QED) is 0.677. The summed E-state index contributed by atoms with van der Waals surface area (Å²) in [4.78, 5) is 25.7. The first-order chi connectivity index (χ1) is 12.0. The average Bonchev–Trinajstić information content (AvgIpc) is 2.99. The molecular formula is C17H14Cl2N4O2. The third-order valence-corrected chi connectivity index (χ3v) is 5.37. The van der Waals surface area contributed by atoms with Crippen molar-refractivity contribution in [2.75, 3.05) is 6.54 Å². The first-order valence-electron chi connectivity index (χ1n) is 7.77. The van der Waals surface area contributed by atoms with Gasteiger partial charge in [-0.05, 0) is 13.0 Å². The van der Waals surface area contributed by atoms with Crippen LogP contribution in [0.4, 0.5) is 0 Å². The maximum Gasteiger partial charge on any atom is 0.292 e. The van der Waals surface area contributed by atoms with Gasteiger partial charge in [-0.1, -0.05) is 29.3 Å². The molecule has 3 aromatic rings. The predicted octanol–water partition coefficient (Wildman–Crippen LogP) is 3.73. The van der Waals surface area contributed by atoms with Gasteiger partial charge in [-0.25, -0.2) is 9.97 Å². The van der Waals surface area contributed by atoms with E-state index in [1.807, 2.05) is 13.0 Å². The first kappa shape index (κ1) is 16.2. The number of hydrogen-bond acceptors (Lipinski definition) is 4. The summed E-state index contributed by atoms with van der Waals surface area (Å²) >= 11 is 12.4. The average molecular weight is 377 g/mol. The lowest BCUT2D eigenvalue weighted by Gasteiger charge is -2.33. The third-order valence-electron chi connectivity index (χ3n) is 4.56. The van der Waals surface area contributed by atoms with Crippen LogP contribution >= 0.6 is 23.2 Å². The number of carbonyl (C=O) groups excluding carboxylic acids is 1. The van der Waals surface area contributed by atoms with E-state index in [0.717, 1.165) is 22.2 Å². The summed E-state index contributed by atoms with van der Waals surface area (Å²) in [7, 11) is 0. The van der Waals surface area contributed by atoms with Gasteiger partial charge >= 0.3 is 0 Å². The van der Waals surface area contributed by atoms with Gasteiger partial charge < -0.3 is 15.0 Å². The minimum Gasteiger partial charge on any atom is -0.505 e. The fourth-order valence-electron chi connectivity index (χ4n) is 3.37. The summed E-state index contributed by atoms with van der Waals surface area (Å²) in [5.74, 6) is -0.282. The van der Waals surface area contributed by atoms with Gasteiger partial charge in [0.25, 0.3) is 5.91 Å². The number of nitrogens with zero attached hydrogens (tertiary/aromatic N) is 3. The Kier molecular flexibility index (Phi) is 3.81. The molecule has 8 heteroatoms. The number of hydrogen-bond donors (Lipinski definition) is 2. The molecule has 0 radical (unpaired) electrons. The van der Waals surface area contributed by atoms with Crippen molar-refractivity contribution in [2.45, 2.75) is 19.4 Å². The number of halogens is 2. The van der Waals surface area contributed by atoms with Crippen LogP contribution in [0.1, 0.15) is 34.8 Å². The fourth-order valence-corrected chi connectivity index (χ4v) is 3.74. The highest BCUT2D eigenvalue weighted by molar-refractivity contribution is 6.45. The molecule has 1 aromatic carbocycles. The molecule has 6 nitrogen and oxygen atoms in total. The topological polar surface area (TPSA) is 82.1 Å². The largest absolute Gasteiger partial charge is 0.505 e. The highest BCUT2D eigenvalue weighted by Crippen LogP contribution is 2.40. The van der Waals surface area contributed by atoms with Crippen LogP contribution in [0.2, 0.25) is 10.0 Å². The number of benzene rings is 1. The first-order valence-corrected chi connectivity index (χ1v) is 8.53. The van der Waals surface area contributed by atoms with Gasteiger partial charge in [-0.3, -0.25) is 4.79 Å². The standard InChI is InChI=1S/C17H14Cl2N4O2/c1-8-13-10-2-3-11(18)14(19)15(10)22-12(13)4-5-23(8)17(25)16-20-6-9(24)7-21-16/h2-3,6-8,22,24H,4-5H2,1H3/t8-/m0/s1. The Morgan fingerprint density at radius 2 is 2.04 bits per heavy atom. The van der Waals surface area contributed by atoms with Crippen molar-refractivity contribution in [3.63, 3.8) is 0 Å². The molecule has 0 unspecified atom stereocenters. The number of fused-ring (bicyclic) bond motifs is 3. The van der Waals surface area contributed by atoms with E-state index >= 15 is 0 Å². The second-order valence-corrected chi connectivity index (χ2v) is 6.78. The summed E-state index contributed by atoms with van der Waals surface area (Å²) in [5, 5.41) is 11.2. The van der Waals surface area contributed by atoms with Crippen molar-refractivity contribution in [1.29, 1.82) is 0 Å². The molecule has 1 amide bonds. The van der Waals surface area contributed by atoms with Gasteiger partial charge in [-0.2, -0.15) is 0 Å². The van der Waals surface area contributed by atoms with Crippen LogP contribution in [0.15, 0.2) is 24.5 Å². The second kappa shape index (κ2) is 5.89. The zero-order valence-corrected chi connectivity index (χ0v) is 14.8. The Morgan fingerprint density at radius 3 is 2.76 bits per heavy atom. The zero-order chi connectivity index (χ0) is 17.7. The molecule has 128 valence electrons. The third kappa shape index (κ3) is 2.53. The molecule has 0 spiro atoms. The molecular weight excluding hydrogens is 363 g/mol. The van der Waals surface area contributed by atoms with Gasteiger partial charge in [0.15, 0.2) is 5.75 Å². The molecule has 0 fully saturated rings. The molecule has 0 saturated carbocycles. The maximum absolute atomic E-state index is 12.8. The van der Waals surface area contributed by atoms with Crippen molar-refractivity contribution in [2.24, 2.45) is 0 Å². The van der Waals surface area contributed by atoms with E-state index in [2.05, 4.69) is 15.0 Å². The van der Waals surface area contributed by atoms with E-state index < -0.39 is 0 Å². The van der Waals surface area contributed by atoms with Crippen LogP contribution in [-0.2, 0) is 6.42 Å². The van der Waals surface area contributed by atoms with Crippen molar-refractivity contribution in [3.8, 4) is 5.75 Å². The van der Waals surface area contributed by atoms with Gasteiger partial charge in [0, 0.05) is 29.6 Å². The van der Waals surface area contributed by atoms with E-state index in [1.165, 1.54) is 12.4 Å². The molecule has 0 bridgehead atoms. The Labute approximate surface area is 153 Å². The van der Waals surface area contributed by atoms with Crippen LogP contribution in [0.3, 0.4) is 0 Å². The van der Waals surface area contributed by atoms with Crippen LogP contribution in [0.25, 0.3) is 10.9 Å². The molecule has 0 saturated heterocycles. The zero-order valence-electron chi connectivity index (χ0n) is 13.3. The number of rotatable bonds is 1. The Hall–Kier alpha value is -2.31. The van der Waals surface area contributed by atoms with Crippen molar-refractivity contribution in [3.05, 3.63) is 51.7 Å². The minimum atomic E-state index is -0.271. The SMILES string of the molecule is C[C@H]1c2c([nH]c3c(Cl)c(Cl)ccc23)CCN1C(=O)c1ncc(O)cn1. The molecule has 0 aliphatic carbocycles. The number of aromatic hydroxyl groups is 1. The lowest BCUT2D eigenvalue weighted by molar-refractivity contribution is 0.0665. The molecule has 3 heterocycles. The highest BCUT2D eigenvalue weighted by Gasteiger charge is 2.32. The summed E-state index contributed by atoms with van der Waals surface area (Å²) in [6.07, 6.45) is 3.10. The summed E-state index contributed by atoms with van der Waals surface area (Å²) < 4.78 is 0. The number of H-pyrrole nitrogens is 1. The number of carbonyl (C=O) groups is 1. The lowest BCUT2D eigenvalue weighted by atomic mass is 9.97. The fraction of sp³-hybridized carbons (Fsp3) is 0.235. The van der Waals surface area contributed by atoms with Crippen LogP contribution in [-0.4, -0.2) is 37.4 Å². The lowest BCUT2D eigenvalue weighted by Crippen LogP contribution is -2.39. The summed E-state index contributed by atoms with van der Waals surface area (Å²) in [6, 6.07) is 3.51. The molecule has 1 aliphatic rings. The van der Waals surface area contributed by atoms with Gasteiger partial charge in [0.2, 0.25) is 5.82 Å². The van der Waals surface area contributed by atoms with E-state index in [-0.39, 0.29) is 23.5 Å². The smallest absolute Gasteiger partial charge is 0.292 e. The van der Waals surface area contributed by atoms with E-state index in [9.17, 15) is 9.90 Å². The van der Waals surface area contributed by atoms with Gasteiger partial charge in [-0.15, -0.1) is 0 Å². The number of amides is 1. The Bertz CT molecular complexity index is 984. The van der Waals surface area contributed by atoms with Crippen LogP contribution in [0.5, 0.6) is 5.75 Å². The summed E-state index contributed by atoms with van der Waals surface area (Å²) in [5.41, 5.74) is 2.88. The number of nitrogens with one attached hydrogen (secondary N) is 1. The molecule has 25 heavy (non-hydrogen) atoms. The van der Waals surface area contributed by atoms with E-state index in [1.54, 1.807) is 11.0 Å². The number of aromatic amines is 1. The highest BCUT2D eigenvalue weighted by atomic mass is 35.5. The summed E-state index contributed by atoms with van der Waals surface area (Å²) in [6.45, 7) is 2.50. The minimum absolute atomic E-state index is 0.0639. The molecule has 1 atom stereocenters. The van der Waals surface area contributed by atoms with Crippen LogP contribution < -0.4 is 0 Å². The van der Waals surface area contributed by atoms with Crippen molar-refractivity contribution >= 4 is 40.0 Å². The second-order valence-electron chi connectivity index (χ2n) is 5.99. The van der Waals surface area contributed by atoms with Crippen LogP contribution in [0, 0.1) is 0 Å². The normalized spacial score (nSPS) is 16.9. The van der Waals surface area contributed by atoms with Gasteiger partial charge in [0.05, 0.1) is 34.0 Å². The molecule has 2 aromatic heterocycles. The van der Waals surface area contributed by atoms with E-state index in [0.29, 0.717) is 23.0 Å². The van der Waals surface area contributed by atoms with E-state index in [4.69, 9.17) is 23.2 Å². The monoisotopic (exact) mass is 376 g/mol. The Morgan fingerprint density at radius 1 is 1.32 bits per heavy atom. The van der Waals surface area contributed by atoms with Crippen molar-refractivity contribution < 1.29 is 9.90 Å². The maximum atomic E-state index is 12.8. The number of aromatic nitrogens is 3. The van der Waals surface area contributed by atoms with Gasteiger partial charge in [0.1, 0.15) is 0 Å². The molecule has 1 aliphatic heterocycles. The van der Waals surface area contributed by atoms with Crippen molar-refractivity contribution in [1.82, 2.24) is 19.9 Å².